The second-order valence-corrected chi connectivity index (χ2v) is 3.18. The lowest BCUT2D eigenvalue weighted by molar-refractivity contribution is 1.21. The summed E-state index contributed by atoms with van der Waals surface area (Å²) >= 11 is 4.09. The van der Waals surface area contributed by atoms with Crippen molar-refractivity contribution in [2.45, 2.75) is 0 Å². The summed E-state index contributed by atoms with van der Waals surface area (Å²) in [6, 6.07) is 0. The summed E-state index contributed by atoms with van der Waals surface area (Å²) in [5.41, 5.74) is 7.50. The number of nitrogens with one attached hydrogen (secondary N) is 1. The monoisotopic (exact) mass is 206 g/mol. The second-order valence-electron chi connectivity index (χ2n) is 2.81. The lowest BCUT2D eigenvalue weighted by atomic mass is 10.2. The summed E-state index contributed by atoms with van der Waals surface area (Å²) < 4.78 is 0. The van der Waals surface area contributed by atoms with Crippen molar-refractivity contribution in [3.8, 4) is 0 Å². The van der Waals surface area contributed by atoms with Gasteiger partial charge in [0.2, 0.25) is 0 Å². The molecule has 3 N–H and O–H groups in total. The molecule has 0 atom stereocenters. The molecular formula is C9H10N4S. The molecule has 0 bridgehead atoms. The van der Waals surface area contributed by atoms with E-state index >= 15 is 0 Å². The van der Waals surface area contributed by atoms with Crippen molar-refractivity contribution in [3.05, 3.63) is 24.2 Å². The molecule has 4 nitrogen and oxygen atoms in total. The van der Waals surface area contributed by atoms with Gasteiger partial charge in [-0.2, -0.15) is 12.6 Å². The zero-order valence-electron chi connectivity index (χ0n) is 7.44. The van der Waals surface area contributed by atoms with Gasteiger partial charge < -0.3 is 10.7 Å². The van der Waals surface area contributed by atoms with E-state index in [-0.39, 0.29) is 0 Å². The Morgan fingerprint density at radius 3 is 3.14 bits per heavy atom. The average Bonchev–Trinajstić information content (AvgIpc) is 2.59. The lowest BCUT2D eigenvalue weighted by Gasteiger charge is -1.94. The van der Waals surface area contributed by atoms with Crippen LogP contribution in [0, 0.1) is 0 Å². The third kappa shape index (κ3) is 1.46. The van der Waals surface area contributed by atoms with Gasteiger partial charge in [-0.1, -0.05) is 12.2 Å². The number of aromatic nitrogens is 3. The third-order valence-corrected chi connectivity index (χ3v) is 2.14. The molecule has 0 aromatic carbocycles. The van der Waals surface area contributed by atoms with E-state index in [1.807, 2.05) is 18.3 Å². The molecule has 14 heavy (non-hydrogen) atoms. The Kier molecular flexibility index (Phi) is 2.41. The quantitative estimate of drug-likeness (QED) is 0.652. The van der Waals surface area contributed by atoms with Gasteiger partial charge in [0.15, 0.2) is 0 Å². The summed E-state index contributed by atoms with van der Waals surface area (Å²) in [6.45, 7) is 0. The molecule has 2 aromatic heterocycles. The first-order valence-electron chi connectivity index (χ1n) is 4.18. The molecule has 0 aliphatic carbocycles. The topological polar surface area (TPSA) is 67.6 Å². The smallest absolute Gasteiger partial charge is 0.143 e. The number of H-pyrrole nitrogens is 1. The molecular weight excluding hydrogens is 196 g/mol. The van der Waals surface area contributed by atoms with Gasteiger partial charge in [0.1, 0.15) is 17.8 Å². The van der Waals surface area contributed by atoms with Gasteiger partial charge in [0.05, 0.1) is 5.39 Å². The molecule has 0 saturated carbocycles. The van der Waals surface area contributed by atoms with E-state index in [0.29, 0.717) is 11.6 Å². The van der Waals surface area contributed by atoms with Crippen LogP contribution in [0.25, 0.3) is 17.1 Å². The standard InChI is InChI=1S/C9H10N4S/c10-8-7-6(2-1-3-14)4-11-9(7)13-5-12-8/h1-2,4-5,14H,3H2,(H3,10,11,12,13). The van der Waals surface area contributed by atoms with Gasteiger partial charge in [-0.3, -0.25) is 0 Å². The average molecular weight is 206 g/mol. The highest BCUT2D eigenvalue weighted by Gasteiger charge is 2.05. The van der Waals surface area contributed by atoms with Crippen molar-refractivity contribution < 1.29 is 0 Å². The van der Waals surface area contributed by atoms with Crippen LogP contribution in [-0.2, 0) is 0 Å². The summed E-state index contributed by atoms with van der Waals surface area (Å²) in [4.78, 5) is 11.0. The van der Waals surface area contributed by atoms with Crippen LogP contribution in [0.3, 0.4) is 0 Å². The fraction of sp³-hybridized carbons (Fsp3) is 0.111. The SMILES string of the molecule is Nc1ncnc2[nH]cc(C=CCS)c12. The molecule has 0 unspecified atom stereocenters. The molecule has 0 amide bonds. The minimum absolute atomic E-state index is 0.495. The minimum atomic E-state index is 0.495. The normalized spacial score (nSPS) is 11.5. The second kappa shape index (κ2) is 3.71. The maximum Gasteiger partial charge on any atom is 0.143 e. The van der Waals surface area contributed by atoms with E-state index in [1.165, 1.54) is 6.33 Å². The van der Waals surface area contributed by atoms with Crippen molar-refractivity contribution in [2.75, 3.05) is 11.5 Å². The summed E-state index contributed by atoms with van der Waals surface area (Å²) in [5, 5.41) is 0.866. The molecule has 0 aliphatic heterocycles. The van der Waals surface area contributed by atoms with E-state index in [4.69, 9.17) is 5.73 Å². The number of fused-ring (bicyclic) bond motifs is 1. The number of hydrogen-bond donors (Lipinski definition) is 3. The van der Waals surface area contributed by atoms with Crippen molar-refractivity contribution >= 4 is 35.6 Å². The van der Waals surface area contributed by atoms with Crippen LogP contribution in [0.5, 0.6) is 0 Å². The predicted octanol–water partition coefficient (Wildman–Crippen LogP) is 1.48. The van der Waals surface area contributed by atoms with Crippen molar-refractivity contribution in [3.63, 3.8) is 0 Å². The number of aromatic amines is 1. The zero-order valence-corrected chi connectivity index (χ0v) is 8.33. The molecule has 0 saturated heterocycles. The highest BCUT2D eigenvalue weighted by atomic mass is 32.1. The number of nitrogens with zero attached hydrogens (tertiary/aromatic N) is 2. The molecule has 72 valence electrons. The molecule has 5 heteroatoms. The van der Waals surface area contributed by atoms with Crippen LogP contribution < -0.4 is 5.73 Å². The Hall–Kier alpha value is -1.49. The molecule has 2 rings (SSSR count). The van der Waals surface area contributed by atoms with E-state index < -0.39 is 0 Å². The van der Waals surface area contributed by atoms with Crippen molar-refractivity contribution in [1.29, 1.82) is 0 Å². The van der Waals surface area contributed by atoms with Gasteiger partial charge in [-0.25, -0.2) is 9.97 Å². The number of rotatable bonds is 2. The van der Waals surface area contributed by atoms with E-state index in [9.17, 15) is 0 Å². The molecule has 0 fully saturated rings. The number of nitrogens with two attached hydrogens (primary N) is 1. The van der Waals surface area contributed by atoms with Gasteiger partial charge >= 0.3 is 0 Å². The molecule has 2 aromatic rings. The number of hydrogen-bond acceptors (Lipinski definition) is 4. The summed E-state index contributed by atoms with van der Waals surface area (Å²) in [7, 11) is 0. The first-order chi connectivity index (χ1) is 6.83. The Labute approximate surface area is 86.7 Å². The van der Waals surface area contributed by atoms with Crippen LogP contribution in [-0.4, -0.2) is 20.7 Å². The summed E-state index contributed by atoms with van der Waals surface area (Å²) in [5.74, 6) is 1.19. The maximum atomic E-state index is 5.75. The Balaban J connectivity index is 2.61. The fourth-order valence-corrected chi connectivity index (χ4v) is 1.43. The lowest BCUT2D eigenvalue weighted by Crippen LogP contribution is -1.92. The Bertz CT molecular complexity index is 475. The van der Waals surface area contributed by atoms with E-state index in [0.717, 1.165) is 16.6 Å². The zero-order chi connectivity index (χ0) is 9.97. The molecule has 0 spiro atoms. The molecule has 2 heterocycles. The van der Waals surface area contributed by atoms with Gasteiger partial charge in [0, 0.05) is 17.5 Å². The predicted molar refractivity (Wildman–Crippen MR) is 61.2 cm³/mol. The first-order valence-corrected chi connectivity index (χ1v) is 4.81. The van der Waals surface area contributed by atoms with Crippen LogP contribution in [0.1, 0.15) is 5.56 Å². The van der Waals surface area contributed by atoms with Gasteiger partial charge in [-0.15, -0.1) is 0 Å². The van der Waals surface area contributed by atoms with E-state index in [2.05, 4.69) is 27.6 Å². The molecule has 0 radical (unpaired) electrons. The van der Waals surface area contributed by atoms with Crippen LogP contribution in [0.2, 0.25) is 0 Å². The van der Waals surface area contributed by atoms with Crippen molar-refractivity contribution in [2.24, 2.45) is 0 Å². The van der Waals surface area contributed by atoms with E-state index in [1.54, 1.807) is 0 Å². The Morgan fingerprint density at radius 1 is 1.50 bits per heavy atom. The first kappa shape index (κ1) is 9.08. The number of nitrogen functional groups attached to an aromatic ring is 1. The minimum Gasteiger partial charge on any atom is -0.383 e. The third-order valence-electron chi connectivity index (χ3n) is 1.93. The Morgan fingerprint density at radius 2 is 2.36 bits per heavy atom. The number of anilines is 1. The maximum absolute atomic E-state index is 5.75. The van der Waals surface area contributed by atoms with Gasteiger partial charge in [-0.05, 0) is 0 Å². The van der Waals surface area contributed by atoms with Crippen LogP contribution in [0.15, 0.2) is 18.6 Å². The highest BCUT2D eigenvalue weighted by molar-refractivity contribution is 7.80. The summed E-state index contributed by atoms with van der Waals surface area (Å²) in [6.07, 6.45) is 7.19. The van der Waals surface area contributed by atoms with Gasteiger partial charge in [0.25, 0.3) is 0 Å². The molecule has 0 aliphatic rings. The highest BCUT2D eigenvalue weighted by Crippen LogP contribution is 2.21. The number of thiol groups is 1. The van der Waals surface area contributed by atoms with Crippen LogP contribution in [0.4, 0.5) is 5.82 Å². The van der Waals surface area contributed by atoms with Crippen molar-refractivity contribution in [1.82, 2.24) is 15.0 Å². The largest absolute Gasteiger partial charge is 0.383 e. The van der Waals surface area contributed by atoms with Crippen LogP contribution >= 0.6 is 12.6 Å². The fourth-order valence-electron chi connectivity index (χ4n) is 1.32.